The number of anilines is 2. The van der Waals surface area contributed by atoms with Crippen LogP contribution in [0.3, 0.4) is 0 Å². The number of hydrogen-bond donors (Lipinski definition) is 1. The fraction of sp³-hybridized carbons (Fsp3) is 0. The summed E-state index contributed by atoms with van der Waals surface area (Å²) in [4.78, 5) is 4.66. The van der Waals surface area contributed by atoms with Gasteiger partial charge in [0.2, 0.25) is 0 Å². The summed E-state index contributed by atoms with van der Waals surface area (Å²) in [6, 6.07) is 28.2. The van der Waals surface area contributed by atoms with Gasteiger partial charge in [-0.05, 0) is 35.4 Å². The van der Waals surface area contributed by atoms with Crippen LogP contribution < -0.4 is 5.32 Å². The third kappa shape index (κ3) is 3.49. The number of thiazole rings is 1. The second-order valence-corrected chi connectivity index (χ2v) is 6.65. The van der Waals surface area contributed by atoms with E-state index in [4.69, 9.17) is 5.26 Å². The van der Waals surface area contributed by atoms with Crippen molar-refractivity contribution >= 4 is 22.2 Å². The monoisotopic (exact) mass is 353 g/mol. The molecule has 0 unspecified atom stereocenters. The zero-order valence-corrected chi connectivity index (χ0v) is 14.7. The second-order valence-electron chi connectivity index (χ2n) is 5.80. The highest BCUT2D eigenvalue weighted by atomic mass is 32.1. The van der Waals surface area contributed by atoms with Gasteiger partial charge in [0.1, 0.15) is 0 Å². The van der Waals surface area contributed by atoms with Gasteiger partial charge in [0.15, 0.2) is 5.13 Å². The summed E-state index contributed by atoms with van der Waals surface area (Å²) >= 11 is 1.56. The summed E-state index contributed by atoms with van der Waals surface area (Å²) in [5.41, 5.74) is 6.01. The summed E-state index contributed by atoms with van der Waals surface area (Å²) in [5.74, 6) is 0. The van der Waals surface area contributed by atoms with E-state index in [1.165, 1.54) is 11.1 Å². The minimum Gasteiger partial charge on any atom is -0.332 e. The van der Waals surface area contributed by atoms with Gasteiger partial charge in [-0.15, -0.1) is 11.3 Å². The van der Waals surface area contributed by atoms with Crippen molar-refractivity contribution in [2.24, 2.45) is 0 Å². The lowest BCUT2D eigenvalue weighted by molar-refractivity contribution is 1.38. The number of benzene rings is 3. The number of nitriles is 1. The fourth-order valence-electron chi connectivity index (χ4n) is 2.68. The molecule has 0 atom stereocenters. The van der Waals surface area contributed by atoms with Crippen LogP contribution in [0.25, 0.3) is 22.4 Å². The molecular weight excluding hydrogens is 338 g/mol. The Hall–Kier alpha value is -3.42. The first-order chi connectivity index (χ1) is 12.8. The molecule has 0 aliphatic heterocycles. The molecule has 0 spiro atoms. The molecule has 1 N–H and O–H groups in total. The lowest BCUT2D eigenvalue weighted by Gasteiger charge is -2.03. The Morgan fingerprint density at radius 1 is 0.769 bits per heavy atom. The first-order valence-electron chi connectivity index (χ1n) is 8.20. The van der Waals surface area contributed by atoms with Crippen LogP contribution in [0, 0.1) is 11.3 Å². The SMILES string of the molecule is N#Cc1ccc(Nc2nc(-c3ccc(-c4ccccc4)cc3)cs2)cc1. The third-order valence-corrected chi connectivity index (χ3v) is 4.81. The largest absolute Gasteiger partial charge is 0.332 e. The maximum Gasteiger partial charge on any atom is 0.187 e. The van der Waals surface area contributed by atoms with Crippen molar-refractivity contribution in [1.82, 2.24) is 4.98 Å². The molecule has 124 valence electrons. The maximum absolute atomic E-state index is 8.86. The smallest absolute Gasteiger partial charge is 0.187 e. The lowest BCUT2D eigenvalue weighted by atomic mass is 10.0. The van der Waals surface area contributed by atoms with Crippen LogP contribution in [0.15, 0.2) is 84.2 Å². The Balaban J connectivity index is 1.51. The maximum atomic E-state index is 8.86. The normalized spacial score (nSPS) is 10.3. The van der Waals surface area contributed by atoms with Crippen LogP contribution >= 0.6 is 11.3 Å². The average molecular weight is 353 g/mol. The van der Waals surface area contributed by atoms with Crippen molar-refractivity contribution in [2.45, 2.75) is 0 Å². The summed E-state index contributed by atoms with van der Waals surface area (Å²) in [6.45, 7) is 0. The summed E-state index contributed by atoms with van der Waals surface area (Å²) in [5, 5.41) is 15.0. The van der Waals surface area contributed by atoms with Crippen molar-refractivity contribution in [3.05, 3.63) is 89.8 Å². The molecule has 4 aromatic rings. The molecule has 0 aliphatic carbocycles. The molecule has 0 fully saturated rings. The molecule has 4 heteroatoms. The van der Waals surface area contributed by atoms with Gasteiger partial charge in [-0.25, -0.2) is 4.98 Å². The van der Waals surface area contributed by atoms with Crippen LogP contribution in [0.1, 0.15) is 5.56 Å². The van der Waals surface area contributed by atoms with Crippen LogP contribution in [0.4, 0.5) is 10.8 Å². The first kappa shape index (κ1) is 16.1. The van der Waals surface area contributed by atoms with Gasteiger partial charge in [0, 0.05) is 16.6 Å². The molecule has 1 aromatic heterocycles. The average Bonchev–Trinajstić information content (AvgIpc) is 3.18. The number of aromatic nitrogens is 1. The minimum atomic E-state index is 0.647. The first-order valence-corrected chi connectivity index (χ1v) is 9.08. The highest BCUT2D eigenvalue weighted by Crippen LogP contribution is 2.29. The van der Waals surface area contributed by atoms with Gasteiger partial charge in [0.05, 0.1) is 17.3 Å². The molecule has 0 saturated heterocycles. The van der Waals surface area contributed by atoms with Crippen molar-refractivity contribution < 1.29 is 0 Å². The molecule has 0 aliphatic rings. The molecule has 3 nitrogen and oxygen atoms in total. The third-order valence-electron chi connectivity index (χ3n) is 4.06. The summed E-state index contributed by atoms with van der Waals surface area (Å²) < 4.78 is 0. The predicted octanol–water partition coefficient (Wildman–Crippen LogP) is 6.09. The Bertz CT molecular complexity index is 1040. The number of nitrogens with one attached hydrogen (secondary N) is 1. The molecule has 1 heterocycles. The fourth-order valence-corrected chi connectivity index (χ4v) is 3.42. The van der Waals surface area contributed by atoms with Gasteiger partial charge in [-0.3, -0.25) is 0 Å². The van der Waals surface area contributed by atoms with Crippen molar-refractivity contribution in [3.63, 3.8) is 0 Å². The number of nitrogens with zero attached hydrogens (tertiary/aromatic N) is 2. The van der Waals surface area contributed by atoms with Crippen LogP contribution in [0.2, 0.25) is 0 Å². The zero-order valence-electron chi connectivity index (χ0n) is 13.9. The van der Waals surface area contributed by atoms with E-state index in [-0.39, 0.29) is 0 Å². The van der Waals surface area contributed by atoms with E-state index in [2.05, 4.69) is 52.8 Å². The Morgan fingerprint density at radius 3 is 2.12 bits per heavy atom. The van der Waals surface area contributed by atoms with E-state index in [1.54, 1.807) is 23.5 Å². The van der Waals surface area contributed by atoms with Crippen LogP contribution in [-0.4, -0.2) is 4.98 Å². The highest BCUT2D eigenvalue weighted by molar-refractivity contribution is 7.14. The van der Waals surface area contributed by atoms with E-state index in [0.29, 0.717) is 5.56 Å². The van der Waals surface area contributed by atoms with E-state index in [1.807, 2.05) is 35.7 Å². The molecule has 0 amide bonds. The van der Waals surface area contributed by atoms with E-state index >= 15 is 0 Å². The summed E-state index contributed by atoms with van der Waals surface area (Å²) in [7, 11) is 0. The standard InChI is InChI=1S/C22H15N3S/c23-14-16-6-12-20(13-7-16)24-22-25-21(15-26-22)19-10-8-18(9-11-19)17-4-2-1-3-5-17/h1-13,15H,(H,24,25). The Kier molecular flexibility index (Phi) is 4.46. The quantitative estimate of drug-likeness (QED) is 0.483. The van der Waals surface area contributed by atoms with Gasteiger partial charge in [-0.2, -0.15) is 5.26 Å². The van der Waals surface area contributed by atoms with Crippen molar-refractivity contribution in [1.29, 1.82) is 5.26 Å². The molecule has 4 rings (SSSR count). The number of hydrogen-bond acceptors (Lipinski definition) is 4. The summed E-state index contributed by atoms with van der Waals surface area (Å²) in [6.07, 6.45) is 0. The lowest BCUT2D eigenvalue weighted by Crippen LogP contribution is -1.89. The molecule has 0 saturated carbocycles. The van der Waals surface area contributed by atoms with E-state index < -0.39 is 0 Å². The van der Waals surface area contributed by atoms with Crippen molar-refractivity contribution in [2.75, 3.05) is 5.32 Å². The molecular formula is C22H15N3S. The van der Waals surface area contributed by atoms with Crippen molar-refractivity contribution in [3.8, 4) is 28.5 Å². The van der Waals surface area contributed by atoms with E-state index in [0.717, 1.165) is 22.1 Å². The van der Waals surface area contributed by atoms with E-state index in [9.17, 15) is 0 Å². The Labute approximate surface area is 156 Å². The highest BCUT2D eigenvalue weighted by Gasteiger charge is 2.06. The molecule has 3 aromatic carbocycles. The van der Waals surface area contributed by atoms with Crippen LogP contribution in [0.5, 0.6) is 0 Å². The van der Waals surface area contributed by atoms with Gasteiger partial charge in [-0.1, -0.05) is 54.6 Å². The van der Waals surface area contributed by atoms with Gasteiger partial charge in [0.25, 0.3) is 0 Å². The van der Waals surface area contributed by atoms with Crippen LogP contribution in [-0.2, 0) is 0 Å². The molecule has 0 bridgehead atoms. The Morgan fingerprint density at radius 2 is 1.42 bits per heavy atom. The zero-order chi connectivity index (χ0) is 17.8. The predicted molar refractivity (Wildman–Crippen MR) is 107 cm³/mol. The van der Waals surface area contributed by atoms with Gasteiger partial charge >= 0.3 is 0 Å². The number of rotatable bonds is 4. The topological polar surface area (TPSA) is 48.7 Å². The molecule has 0 radical (unpaired) electrons. The van der Waals surface area contributed by atoms with Gasteiger partial charge < -0.3 is 5.32 Å². The molecule has 26 heavy (non-hydrogen) atoms. The second kappa shape index (κ2) is 7.22. The minimum absolute atomic E-state index is 0.647.